The molecule has 0 aromatic heterocycles. The van der Waals surface area contributed by atoms with Gasteiger partial charge in [-0.1, -0.05) is 36.4 Å². The average Bonchev–Trinajstić information content (AvgIpc) is 2.43. The zero-order chi connectivity index (χ0) is 13.8. The van der Waals surface area contributed by atoms with Gasteiger partial charge in [-0.15, -0.1) is 0 Å². The summed E-state index contributed by atoms with van der Waals surface area (Å²) < 4.78 is 25.8. The van der Waals surface area contributed by atoms with Crippen LogP contribution in [0.15, 0.2) is 48.5 Å². The highest BCUT2D eigenvalue weighted by Gasteiger charge is 2.17. The molecular formula is C15H12F2O2. The number of carbonyl (C=O) groups excluding carboxylic acids is 1. The van der Waals surface area contributed by atoms with E-state index in [1.807, 2.05) is 0 Å². The third-order valence-corrected chi connectivity index (χ3v) is 2.78. The maximum Gasteiger partial charge on any atom is 0.170 e. The number of benzene rings is 2. The first-order valence-electron chi connectivity index (χ1n) is 5.77. The lowest BCUT2D eigenvalue weighted by Gasteiger charge is -2.10. The van der Waals surface area contributed by atoms with Crippen molar-refractivity contribution in [1.29, 1.82) is 0 Å². The second-order valence-corrected chi connectivity index (χ2v) is 4.20. The molecule has 19 heavy (non-hydrogen) atoms. The molecule has 0 saturated carbocycles. The van der Waals surface area contributed by atoms with Crippen LogP contribution in [-0.4, -0.2) is 10.9 Å². The maximum absolute atomic E-state index is 13.0. The van der Waals surface area contributed by atoms with Gasteiger partial charge in [0.05, 0.1) is 0 Å². The SMILES string of the molecule is O=C(Cc1ccc(F)c(F)c1)C(O)c1ccccc1. The van der Waals surface area contributed by atoms with E-state index in [-0.39, 0.29) is 6.42 Å². The van der Waals surface area contributed by atoms with E-state index in [1.54, 1.807) is 30.3 Å². The predicted molar refractivity (Wildman–Crippen MR) is 66.5 cm³/mol. The number of aliphatic hydroxyl groups excluding tert-OH is 1. The van der Waals surface area contributed by atoms with Gasteiger partial charge in [0.1, 0.15) is 6.10 Å². The van der Waals surface area contributed by atoms with Crippen LogP contribution in [0, 0.1) is 11.6 Å². The summed E-state index contributed by atoms with van der Waals surface area (Å²) in [6, 6.07) is 11.7. The molecule has 0 aliphatic carbocycles. The van der Waals surface area contributed by atoms with E-state index in [4.69, 9.17) is 0 Å². The highest BCUT2D eigenvalue weighted by Crippen LogP contribution is 2.17. The molecule has 2 aromatic carbocycles. The molecule has 0 saturated heterocycles. The van der Waals surface area contributed by atoms with E-state index >= 15 is 0 Å². The van der Waals surface area contributed by atoms with Crippen molar-refractivity contribution in [2.24, 2.45) is 0 Å². The summed E-state index contributed by atoms with van der Waals surface area (Å²) in [7, 11) is 0. The third kappa shape index (κ3) is 3.23. The fourth-order valence-corrected chi connectivity index (χ4v) is 1.77. The molecule has 1 unspecified atom stereocenters. The van der Waals surface area contributed by atoms with Crippen LogP contribution >= 0.6 is 0 Å². The molecule has 2 aromatic rings. The smallest absolute Gasteiger partial charge is 0.170 e. The number of ketones is 1. The Hall–Kier alpha value is -2.07. The molecule has 0 amide bonds. The normalized spacial score (nSPS) is 12.2. The Labute approximate surface area is 109 Å². The first-order chi connectivity index (χ1) is 9.08. The molecule has 4 heteroatoms. The van der Waals surface area contributed by atoms with Crippen LogP contribution in [0.4, 0.5) is 8.78 Å². The number of carbonyl (C=O) groups is 1. The molecule has 0 bridgehead atoms. The lowest BCUT2D eigenvalue weighted by molar-refractivity contribution is -0.126. The molecule has 1 N–H and O–H groups in total. The Balaban J connectivity index is 2.10. The van der Waals surface area contributed by atoms with Crippen molar-refractivity contribution in [3.8, 4) is 0 Å². The lowest BCUT2D eigenvalue weighted by Crippen LogP contribution is -2.14. The molecule has 0 heterocycles. The van der Waals surface area contributed by atoms with Gasteiger partial charge >= 0.3 is 0 Å². The first-order valence-corrected chi connectivity index (χ1v) is 5.77. The van der Waals surface area contributed by atoms with Gasteiger partial charge in [0.25, 0.3) is 0 Å². The van der Waals surface area contributed by atoms with Crippen LogP contribution in [0.5, 0.6) is 0 Å². The molecule has 0 aliphatic heterocycles. The van der Waals surface area contributed by atoms with E-state index in [1.165, 1.54) is 6.07 Å². The maximum atomic E-state index is 13.0. The molecule has 1 atom stereocenters. The molecule has 0 radical (unpaired) electrons. The minimum absolute atomic E-state index is 0.146. The highest BCUT2D eigenvalue weighted by atomic mass is 19.2. The Morgan fingerprint density at radius 1 is 1.05 bits per heavy atom. The molecule has 0 spiro atoms. The fraction of sp³-hybridized carbons (Fsp3) is 0.133. The zero-order valence-electron chi connectivity index (χ0n) is 10.0. The van der Waals surface area contributed by atoms with E-state index in [0.29, 0.717) is 11.1 Å². The monoisotopic (exact) mass is 262 g/mol. The molecule has 98 valence electrons. The number of hydrogen-bond acceptors (Lipinski definition) is 2. The van der Waals surface area contributed by atoms with E-state index < -0.39 is 23.5 Å². The summed E-state index contributed by atoms with van der Waals surface area (Å²) in [6.45, 7) is 0. The van der Waals surface area contributed by atoms with E-state index in [0.717, 1.165) is 12.1 Å². The number of Topliss-reactive ketones (excluding diaryl/α,β-unsaturated/α-hetero) is 1. The van der Waals surface area contributed by atoms with Crippen LogP contribution in [0.3, 0.4) is 0 Å². The highest BCUT2D eigenvalue weighted by molar-refractivity contribution is 5.86. The van der Waals surface area contributed by atoms with Gasteiger partial charge in [0.15, 0.2) is 17.4 Å². The minimum atomic E-state index is -1.26. The summed E-state index contributed by atoms with van der Waals surface area (Å²) in [5, 5.41) is 9.86. The van der Waals surface area contributed by atoms with E-state index in [2.05, 4.69) is 0 Å². The molecule has 0 aliphatic rings. The van der Waals surface area contributed by atoms with Crippen LogP contribution in [-0.2, 0) is 11.2 Å². The Morgan fingerprint density at radius 2 is 1.74 bits per heavy atom. The number of aliphatic hydroxyl groups is 1. The molecule has 2 nitrogen and oxygen atoms in total. The van der Waals surface area contributed by atoms with Crippen molar-refractivity contribution in [1.82, 2.24) is 0 Å². The van der Waals surface area contributed by atoms with Crippen molar-refractivity contribution in [2.75, 3.05) is 0 Å². The fourth-order valence-electron chi connectivity index (χ4n) is 1.77. The third-order valence-electron chi connectivity index (χ3n) is 2.78. The van der Waals surface area contributed by atoms with Crippen molar-refractivity contribution in [3.05, 3.63) is 71.3 Å². The number of hydrogen-bond donors (Lipinski definition) is 1. The lowest BCUT2D eigenvalue weighted by atomic mass is 10.00. The van der Waals surface area contributed by atoms with Gasteiger partial charge < -0.3 is 5.11 Å². The van der Waals surface area contributed by atoms with Gasteiger partial charge in [-0.2, -0.15) is 0 Å². The largest absolute Gasteiger partial charge is 0.381 e. The number of halogens is 2. The standard InChI is InChI=1S/C15H12F2O2/c16-12-7-6-10(8-13(12)17)9-14(18)15(19)11-4-2-1-3-5-11/h1-8,15,19H,9H2. The molecule has 2 rings (SSSR count). The van der Waals surface area contributed by atoms with Gasteiger partial charge in [0.2, 0.25) is 0 Å². The Bertz CT molecular complexity index is 582. The molecular weight excluding hydrogens is 250 g/mol. The average molecular weight is 262 g/mol. The van der Waals surface area contributed by atoms with Gasteiger partial charge in [-0.05, 0) is 23.3 Å². The van der Waals surface area contributed by atoms with E-state index in [9.17, 15) is 18.7 Å². The van der Waals surface area contributed by atoms with Gasteiger partial charge in [-0.3, -0.25) is 4.79 Å². The second kappa shape index (κ2) is 5.71. The van der Waals surface area contributed by atoms with Gasteiger partial charge in [-0.25, -0.2) is 8.78 Å². The zero-order valence-corrected chi connectivity index (χ0v) is 10.0. The van der Waals surface area contributed by atoms with Crippen LogP contribution < -0.4 is 0 Å². The first kappa shape index (κ1) is 13.4. The predicted octanol–water partition coefficient (Wildman–Crippen LogP) is 2.81. The van der Waals surface area contributed by atoms with Crippen molar-refractivity contribution in [2.45, 2.75) is 12.5 Å². The van der Waals surface area contributed by atoms with Crippen LogP contribution in [0.25, 0.3) is 0 Å². The second-order valence-electron chi connectivity index (χ2n) is 4.20. The number of rotatable bonds is 4. The van der Waals surface area contributed by atoms with Crippen molar-refractivity contribution < 1.29 is 18.7 Å². The van der Waals surface area contributed by atoms with Crippen LogP contribution in [0.2, 0.25) is 0 Å². The minimum Gasteiger partial charge on any atom is -0.381 e. The summed E-state index contributed by atoms with van der Waals surface area (Å²) >= 11 is 0. The van der Waals surface area contributed by atoms with Gasteiger partial charge in [0, 0.05) is 6.42 Å². The summed E-state index contributed by atoms with van der Waals surface area (Å²) in [6.07, 6.45) is -1.40. The topological polar surface area (TPSA) is 37.3 Å². The summed E-state index contributed by atoms with van der Waals surface area (Å²) in [4.78, 5) is 11.8. The Kier molecular flexibility index (Phi) is 4.02. The van der Waals surface area contributed by atoms with Crippen molar-refractivity contribution in [3.63, 3.8) is 0 Å². The van der Waals surface area contributed by atoms with Crippen LogP contribution in [0.1, 0.15) is 17.2 Å². The quantitative estimate of drug-likeness (QED) is 0.920. The summed E-state index contributed by atoms with van der Waals surface area (Å²) in [5.41, 5.74) is 0.814. The molecule has 0 fully saturated rings. The summed E-state index contributed by atoms with van der Waals surface area (Å²) in [5.74, 6) is -2.42. The van der Waals surface area contributed by atoms with Crippen molar-refractivity contribution >= 4 is 5.78 Å². The Morgan fingerprint density at radius 3 is 2.37 bits per heavy atom.